The van der Waals surface area contributed by atoms with Gasteiger partial charge < -0.3 is 10.3 Å². The van der Waals surface area contributed by atoms with Crippen LogP contribution in [0.25, 0.3) is 17.2 Å². The molecule has 2 N–H and O–H groups in total. The Morgan fingerprint density at radius 3 is 2.67 bits per heavy atom. The quantitative estimate of drug-likeness (QED) is 0.562. The van der Waals surface area contributed by atoms with Crippen molar-refractivity contribution in [2.75, 3.05) is 5.32 Å². The molecule has 6 nitrogen and oxygen atoms in total. The number of hydrogen-bond acceptors (Lipinski definition) is 4. The van der Waals surface area contributed by atoms with E-state index in [0.29, 0.717) is 23.2 Å². The minimum Gasteiger partial charge on any atom is -0.379 e. The molecule has 0 bridgehead atoms. The van der Waals surface area contributed by atoms with Gasteiger partial charge >= 0.3 is 0 Å². The second kappa shape index (κ2) is 6.89. The van der Waals surface area contributed by atoms with E-state index in [4.69, 9.17) is 11.6 Å². The zero-order valence-electron chi connectivity index (χ0n) is 15.0. The number of hydrogen-bond donors (Lipinski definition) is 2. The molecule has 4 aromatic rings. The molecule has 4 rings (SSSR count). The van der Waals surface area contributed by atoms with Crippen molar-refractivity contribution >= 4 is 23.1 Å². The average molecular weight is 380 g/mol. The number of aromatic amines is 1. The molecular formula is C20H18ClN5O. The molecule has 0 saturated heterocycles. The summed E-state index contributed by atoms with van der Waals surface area (Å²) in [4.78, 5) is 20.1. The number of halogens is 1. The van der Waals surface area contributed by atoms with Gasteiger partial charge in [-0.25, -0.2) is 0 Å². The standard InChI is InChI=1S/C20H18ClN5O/c1-12-3-6-14(7-4-12)19-24-20-23-16(10-18(27)26(20)25-19)11-22-17-9-15(21)8-5-13(17)2/h3-10,22H,11H2,1-2H3,(H,23,24,25). The molecule has 0 radical (unpaired) electrons. The van der Waals surface area contributed by atoms with Gasteiger partial charge in [0, 0.05) is 28.0 Å². The number of rotatable bonds is 4. The second-order valence-corrected chi connectivity index (χ2v) is 6.92. The third-order valence-corrected chi connectivity index (χ3v) is 4.60. The van der Waals surface area contributed by atoms with Crippen LogP contribution < -0.4 is 10.9 Å². The minimum absolute atomic E-state index is 0.228. The molecule has 0 aliphatic heterocycles. The molecular weight excluding hydrogens is 362 g/mol. The number of aryl methyl sites for hydroxylation is 2. The Labute approximate surface area is 160 Å². The SMILES string of the molecule is Cc1ccc(-c2nc3[nH]c(CNc4cc(Cl)ccc4C)cc(=O)n3n2)cc1. The number of nitrogens with zero attached hydrogens (tertiary/aromatic N) is 3. The normalized spacial score (nSPS) is 11.1. The Hall–Kier alpha value is -3.12. The molecule has 0 fully saturated rings. The first kappa shape index (κ1) is 17.3. The zero-order chi connectivity index (χ0) is 19.0. The van der Waals surface area contributed by atoms with Crippen molar-refractivity contribution in [1.29, 1.82) is 0 Å². The zero-order valence-corrected chi connectivity index (χ0v) is 15.7. The first-order chi connectivity index (χ1) is 13.0. The molecule has 27 heavy (non-hydrogen) atoms. The van der Waals surface area contributed by atoms with Gasteiger partial charge in [-0.05, 0) is 31.5 Å². The molecule has 0 aliphatic carbocycles. The van der Waals surface area contributed by atoms with Crippen molar-refractivity contribution in [3.63, 3.8) is 0 Å². The number of aromatic nitrogens is 4. The summed E-state index contributed by atoms with van der Waals surface area (Å²) in [6, 6.07) is 15.0. The van der Waals surface area contributed by atoms with Gasteiger partial charge in [0.1, 0.15) is 0 Å². The summed E-state index contributed by atoms with van der Waals surface area (Å²) < 4.78 is 1.28. The van der Waals surface area contributed by atoms with Crippen molar-refractivity contribution in [2.24, 2.45) is 0 Å². The number of nitrogens with one attached hydrogen (secondary N) is 2. The molecule has 0 saturated carbocycles. The summed E-state index contributed by atoms with van der Waals surface area (Å²) in [7, 11) is 0. The maximum Gasteiger partial charge on any atom is 0.275 e. The van der Waals surface area contributed by atoms with Gasteiger partial charge in [-0.2, -0.15) is 9.50 Å². The Morgan fingerprint density at radius 1 is 1.11 bits per heavy atom. The van der Waals surface area contributed by atoms with E-state index in [-0.39, 0.29) is 5.56 Å². The van der Waals surface area contributed by atoms with E-state index in [9.17, 15) is 4.79 Å². The molecule has 0 aliphatic rings. The van der Waals surface area contributed by atoms with Crippen LogP contribution in [0.15, 0.2) is 53.3 Å². The van der Waals surface area contributed by atoms with Crippen LogP contribution in [-0.2, 0) is 6.54 Å². The van der Waals surface area contributed by atoms with E-state index < -0.39 is 0 Å². The fourth-order valence-electron chi connectivity index (χ4n) is 2.83. The lowest BCUT2D eigenvalue weighted by molar-refractivity contribution is 0.878. The highest BCUT2D eigenvalue weighted by atomic mass is 35.5. The van der Waals surface area contributed by atoms with Gasteiger partial charge in [-0.1, -0.05) is 47.5 Å². The van der Waals surface area contributed by atoms with Crippen molar-refractivity contribution in [1.82, 2.24) is 19.6 Å². The molecule has 2 aromatic carbocycles. The summed E-state index contributed by atoms with van der Waals surface area (Å²) in [5, 5.41) is 8.28. The molecule has 2 aromatic heterocycles. The van der Waals surface area contributed by atoms with Crippen LogP contribution in [0.1, 0.15) is 16.8 Å². The van der Waals surface area contributed by atoms with Gasteiger partial charge in [0.2, 0.25) is 5.78 Å². The van der Waals surface area contributed by atoms with Gasteiger partial charge in [-0.15, -0.1) is 5.10 Å². The summed E-state index contributed by atoms with van der Waals surface area (Å²) in [5.74, 6) is 0.928. The van der Waals surface area contributed by atoms with Crippen LogP contribution >= 0.6 is 11.6 Å². The van der Waals surface area contributed by atoms with Crippen molar-refractivity contribution in [3.8, 4) is 11.4 Å². The minimum atomic E-state index is -0.228. The summed E-state index contributed by atoms with van der Waals surface area (Å²) in [6.45, 7) is 4.46. The first-order valence-corrected chi connectivity index (χ1v) is 8.93. The molecule has 0 atom stereocenters. The predicted molar refractivity (Wildman–Crippen MR) is 107 cm³/mol. The fraction of sp³-hybridized carbons (Fsp3) is 0.150. The smallest absolute Gasteiger partial charge is 0.275 e. The van der Waals surface area contributed by atoms with E-state index in [1.54, 1.807) is 0 Å². The Balaban J connectivity index is 1.64. The van der Waals surface area contributed by atoms with E-state index in [1.807, 2.05) is 56.3 Å². The number of anilines is 1. The van der Waals surface area contributed by atoms with Crippen LogP contribution in [0.5, 0.6) is 0 Å². The molecule has 2 heterocycles. The summed E-state index contributed by atoms with van der Waals surface area (Å²) >= 11 is 6.05. The first-order valence-electron chi connectivity index (χ1n) is 8.55. The monoisotopic (exact) mass is 379 g/mol. The highest BCUT2D eigenvalue weighted by molar-refractivity contribution is 6.30. The van der Waals surface area contributed by atoms with Crippen LogP contribution in [0, 0.1) is 13.8 Å². The van der Waals surface area contributed by atoms with Crippen molar-refractivity contribution in [3.05, 3.63) is 80.7 Å². The number of benzene rings is 2. The lowest BCUT2D eigenvalue weighted by atomic mass is 10.1. The molecule has 0 amide bonds. The molecule has 7 heteroatoms. The topological polar surface area (TPSA) is 75.1 Å². The summed E-state index contributed by atoms with van der Waals surface area (Å²) in [6.07, 6.45) is 0. The van der Waals surface area contributed by atoms with E-state index >= 15 is 0 Å². The molecule has 0 spiro atoms. The number of fused-ring (bicyclic) bond motifs is 1. The van der Waals surface area contributed by atoms with Gasteiger partial charge in [0.25, 0.3) is 5.56 Å². The van der Waals surface area contributed by atoms with Crippen LogP contribution in [0.4, 0.5) is 5.69 Å². The molecule has 0 unspecified atom stereocenters. The maximum absolute atomic E-state index is 12.4. The Kier molecular flexibility index (Phi) is 4.41. The van der Waals surface area contributed by atoms with Crippen molar-refractivity contribution < 1.29 is 0 Å². The average Bonchev–Trinajstić information content (AvgIpc) is 3.08. The third-order valence-electron chi connectivity index (χ3n) is 4.36. The van der Waals surface area contributed by atoms with Crippen LogP contribution in [0.3, 0.4) is 0 Å². The fourth-order valence-corrected chi connectivity index (χ4v) is 3.00. The van der Waals surface area contributed by atoms with Crippen LogP contribution in [-0.4, -0.2) is 19.6 Å². The lowest BCUT2D eigenvalue weighted by Gasteiger charge is -2.10. The maximum atomic E-state index is 12.4. The van der Waals surface area contributed by atoms with Gasteiger partial charge in [-0.3, -0.25) is 4.79 Å². The highest BCUT2D eigenvalue weighted by Crippen LogP contribution is 2.21. The van der Waals surface area contributed by atoms with Crippen LogP contribution in [0.2, 0.25) is 5.02 Å². The third kappa shape index (κ3) is 3.57. The van der Waals surface area contributed by atoms with E-state index in [2.05, 4.69) is 20.4 Å². The van der Waals surface area contributed by atoms with Gasteiger partial charge in [0.15, 0.2) is 5.82 Å². The highest BCUT2D eigenvalue weighted by Gasteiger charge is 2.10. The van der Waals surface area contributed by atoms with Crippen molar-refractivity contribution in [2.45, 2.75) is 20.4 Å². The van der Waals surface area contributed by atoms with E-state index in [0.717, 1.165) is 28.1 Å². The molecule has 136 valence electrons. The van der Waals surface area contributed by atoms with Gasteiger partial charge in [0.05, 0.1) is 6.54 Å². The second-order valence-electron chi connectivity index (χ2n) is 6.48. The lowest BCUT2D eigenvalue weighted by Crippen LogP contribution is -2.17. The Morgan fingerprint density at radius 2 is 1.89 bits per heavy atom. The predicted octanol–water partition coefficient (Wildman–Crippen LogP) is 3.97. The van der Waals surface area contributed by atoms with E-state index in [1.165, 1.54) is 10.6 Å². The number of H-pyrrole nitrogens is 1. The Bertz CT molecular complexity index is 1180. The largest absolute Gasteiger partial charge is 0.379 e. The summed E-state index contributed by atoms with van der Waals surface area (Å²) in [5.41, 5.74) is 4.51.